The van der Waals surface area contributed by atoms with E-state index < -0.39 is 0 Å². The molecule has 0 aliphatic rings. The topological polar surface area (TPSA) is 37.8 Å². The molecule has 2 heterocycles. The van der Waals surface area contributed by atoms with Crippen molar-refractivity contribution in [3.63, 3.8) is 0 Å². The summed E-state index contributed by atoms with van der Waals surface area (Å²) in [6, 6.07) is 0.532. The van der Waals surface area contributed by atoms with E-state index in [0.29, 0.717) is 6.04 Å². The first-order valence-electron chi connectivity index (χ1n) is 6.09. The molecule has 1 unspecified atom stereocenters. The zero-order valence-electron chi connectivity index (χ0n) is 11.4. The van der Waals surface area contributed by atoms with Gasteiger partial charge in [-0.25, -0.2) is 9.97 Å². The molecule has 3 nitrogen and oxygen atoms in total. The van der Waals surface area contributed by atoms with E-state index in [2.05, 4.69) is 48.4 Å². The lowest BCUT2D eigenvalue weighted by molar-refractivity contribution is 0.524. The summed E-state index contributed by atoms with van der Waals surface area (Å²) in [7, 11) is 0. The molecule has 1 N–H and O–H groups in total. The highest BCUT2D eigenvalue weighted by Crippen LogP contribution is 2.30. The Labute approximate surface area is 116 Å². The third-order valence-electron chi connectivity index (χ3n) is 2.68. The van der Waals surface area contributed by atoms with Crippen LogP contribution in [-0.4, -0.2) is 16.0 Å². The van der Waals surface area contributed by atoms with Crippen molar-refractivity contribution in [2.24, 2.45) is 0 Å². The van der Waals surface area contributed by atoms with Crippen LogP contribution in [0.25, 0.3) is 0 Å². The second kappa shape index (κ2) is 5.47. The molecule has 0 bridgehead atoms. The van der Waals surface area contributed by atoms with Crippen molar-refractivity contribution in [1.82, 2.24) is 15.3 Å². The summed E-state index contributed by atoms with van der Waals surface area (Å²) in [4.78, 5) is 10.6. The molecule has 98 valence electrons. The average molecular weight is 281 g/mol. The van der Waals surface area contributed by atoms with Crippen LogP contribution >= 0.6 is 22.7 Å². The SMILES string of the molecule is Cc1csc(C(NC(C)C)c2nc(C)c(C)s2)n1. The Morgan fingerprint density at radius 3 is 2.28 bits per heavy atom. The first-order valence-corrected chi connectivity index (χ1v) is 7.79. The van der Waals surface area contributed by atoms with Crippen molar-refractivity contribution in [2.75, 3.05) is 0 Å². The summed E-state index contributed by atoms with van der Waals surface area (Å²) in [5.41, 5.74) is 2.20. The van der Waals surface area contributed by atoms with Gasteiger partial charge in [0.05, 0.1) is 5.69 Å². The molecule has 0 aromatic carbocycles. The molecule has 2 aromatic heterocycles. The maximum atomic E-state index is 4.67. The molecule has 1 atom stereocenters. The Kier molecular flexibility index (Phi) is 4.14. The summed E-state index contributed by atoms with van der Waals surface area (Å²) in [6.45, 7) is 10.5. The van der Waals surface area contributed by atoms with Crippen LogP contribution in [0.4, 0.5) is 0 Å². The molecular formula is C13H19N3S2. The van der Waals surface area contributed by atoms with Gasteiger partial charge in [-0.15, -0.1) is 22.7 Å². The van der Waals surface area contributed by atoms with Crippen molar-refractivity contribution in [2.45, 2.75) is 46.7 Å². The number of aryl methyl sites for hydroxylation is 3. The first-order chi connectivity index (χ1) is 8.47. The lowest BCUT2D eigenvalue weighted by Crippen LogP contribution is -2.28. The van der Waals surface area contributed by atoms with Crippen molar-refractivity contribution in [3.8, 4) is 0 Å². The van der Waals surface area contributed by atoms with E-state index in [0.717, 1.165) is 21.4 Å². The van der Waals surface area contributed by atoms with Crippen LogP contribution in [0.3, 0.4) is 0 Å². The minimum absolute atomic E-state index is 0.126. The van der Waals surface area contributed by atoms with E-state index in [1.165, 1.54) is 4.88 Å². The Balaban J connectivity index is 2.36. The molecule has 0 saturated carbocycles. The van der Waals surface area contributed by atoms with Crippen LogP contribution in [-0.2, 0) is 0 Å². The highest BCUT2D eigenvalue weighted by Gasteiger charge is 2.22. The molecule has 0 amide bonds. The van der Waals surface area contributed by atoms with Crippen molar-refractivity contribution >= 4 is 22.7 Å². The average Bonchev–Trinajstić information content (AvgIpc) is 2.83. The van der Waals surface area contributed by atoms with E-state index in [-0.39, 0.29) is 6.04 Å². The van der Waals surface area contributed by atoms with E-state index in [1.54, 1.807) is 22.7 Å². The van der Waals surface area contributed by atoms with Crippen LogP contribution in [0.2, 0.25) is 0 Å². The van der Waals surface area contributed by atoms with Gasteiger partial charge in [-0.3, -0.25) is 0 Å². The maximum absolute atomic E-state index is 4.67. The van der Waals surface area contributed by atoms with E-state index in [9.17, 15) is 0 Å². The second-order valence-electron chi connectivity index (χ2n) is 4.78. The first kappa shape index (κ1) is 13.6. The molecular weight excluding hydrogens is 262 g/mol. The number of hydrogen-bond acceptors (Lipinski definition) is 5. The molecule has 0 saturated heterocycles. The van der Waals surface area contributed by atoms with Gasteiger partial charge in [0.25, 0.3) is 0 Å². The smallest absolute Gasteiger partial charge is 0.117 e. The van der Waals surface area contributed by atoms with Gasteiger partial charge in [-0.2, -0.15) is 0 Å². The van der Waals surface area contributed by atoms with Gasteiger partial charge in [-0.05, 0) is 34.6 Å². The van der Waals surface area contributed by atoms with Gasteiger partial charge >= 0.3 is 0 Å². The Morgan fingerprint density at radius 2 is 1.83 bits per heavy atom. The number of thiazole rings is 2. The monoisotopic (exact) mass is 281 g/mol. The zero-order valence-corrected chi connectivity index (χ0v) is 13.1. The highest BCUT2D eigenvalue weighted by atomic mass is 32.1. The summed E-state index contributed by atoms with van der Waals surface area (Å²) in [5.74, 6) is 0. The Hall–Kier alpha value is -0.780. The molecule has 2 aromatic rings. The van der Waals surface area contributed by atoms with Crippen molar-refractivity contribution < 1.29 is 0 Å². The summed E-state index contributed by atoms with van der Waals surface area (Å²) >= 11 is 3.46. The van der Waals surface area contributed by atoms with Crippen LogP contribution < -0.4 is 5.32 Å². The normalized spacial score (nSPS) is 13.2. The zero-order chi connectivity index (χ0) is 13.3. The van der Waals surface area contributed by atoms with Gasteiger partial charge in [0.15, 0.2) is 0 Å². The highest BCUT2D eigenvalue weighted by molar-refractivity contribution is 7.12. The van der Waals surface area contributed by atoms with Crippen LogP contribution in [0.1, 0.15) is 46.2 Å². The molecule has 5 heteroatoms. The van der Waals surface area contributed by atoms with E-state index >= 15 is 0 Å². The molecule has 0 aliphatic heterocycles. The summed E-state index contributed by atoms with van der Waals surface area (Å²) < 4.78 is 0. The number of rotatable bonds is 4. The molecule has 0 fully saturated rings. The van der Waals surface area contributed by atoms with Gasteiger partial charge in [0, 0.05) is 22.0 Å². The third-order valence-corrected chi connectivity index (χ3v) is 4.84. The lowest BCUT2D eigenvalue weighted by atomic mass is 10.2. The van der Waals surface area contributed by atoms with Crippen LogP contribution in [0.5, 0.6) is 0 Å². The summed E-state index contributed by atoms with van der Waals surface area (Å²) in [6.07, 6.45) is 0. The van der Waals surface area contributed by atoms with Gasteiger partial charge < -0.3 is 5.32 Å². The minimum atomic E-state index is 0.126. The second-order valence-corrected chi connectivity index (χ2v) is 6.90. The Morgan fingerprint density at radius 1 is 1.11 bits per heavy atom. The van der Waals surface area contributed by atoms with E-state index in [4.69, 9.17) is 0 Å². The quantitative estimate of drug-likeness (QED) is 0.930. The predicted molar refractivity (Wildman–Crippen MR) is 78.6 cm³/mol. The summed E-state index contributed by atoms with van der Waals surface area (Å²) in [5, 5.41) is 7.88. The molecule has 18 heavy (non-hydrogen) atoms. The fraction of sp³-hybridized carbons (Fsp3) is 0.538. The van der Waals surface area contributed by atoms with E-state index in [1.807, 2.05) is 6.92 Å². The van der Waals surface area contributed by atoms with Crippen molar-refractivity contribution in [3.05, 3.63) is 31.7 Å². The van der Waals surface area contributed by atoms with Crippen molar-refractivity contribution in [1.29, 1.82) is 0 Å². The third kappa shape index (κ3) is 2.96. The minimum Gasteiger partial charge on any atom is -0.300 e. The largest absolute Gasteiger partial charge is 0.300 e. The number of nitrogens with one attached hydrogen (secondary N) is 1. The van der Waals surface area contributed by atoms with Crippen LogP contribution in [0, 0.1) is 20.8 Å². The van der Waals surface area contributed by atoms with Crippen LogP contribution in [0.15, 0.2) is 5.38 Å². The standard InChI is InChI=1S/C13H19N3S2/c1-7(2)14-11(12-15-8(3)6-17-12)13-16-9(4)10(5)18-13/h6-7,11,14H,1-5H3. The molecule has 0 spiro atoms. The lowest BCUT2D eigenvalue weighted by Gasteiger charge is -2.16. The number of nitrogens with zero attached hydrogens (tertiary/aromatic N) is 2. The molecule has 2 rings (SSSR count). The molecule has 0 aliphatic carbocycles. The fourth-order valence-electron chi connectivity index (χ4n) is 1.71. The predicted octanol–water partition coefficient (Wildman–Crippen LogP) is 3.61. The maximum Gasteiger partial charge on any atom is 0.117 e. The van der Waals surface area contributed by atoms with Gasteiger partial charge in [-0.1, -0.05) is 0 Å². The van der Waals surface area contributed by atoms with Gasteiger partial charge in [0.1, 0.15) is 16.1 Å². The Bertz CT molecular complexity index is 509. The number of hydrogen-bond donors (Lipinski definition) is 1. The number of aromatic nitrogens is 2. The fourth-order valence-corrected chi connectivity index (χ4v) is 3.63. The van der Waals surface area contributed by atoms with Gasteiger partial charge in [0.2, 0.25) is 0 Å². The molecule has 0 radical (unpaired) electrons.